The molecule has 0 aliphatic heterocycles. The quantitative estimate of drug-likeness (QED) is 0.519. The molecular formula is C23H19F2N. The summed E-state index contributed by atoms with van der Waals surface area (Å²) in [7, 11) is 0. The Balaban J connectivity index is 1.79. The summed E-state index contributed by atoms with van der Waals surface area (Å²) >= 11 is 0. The molecule has 0 radical (unpaired) electrons. The average Bonchev–Trinajstić information content (AvgIpc) is 2.67. The zero-order valence-corrected chi connectivity index (χ0v) is 14.6. The van der Waals surface area contributed by atoms with E-state index in [0.29, 0.717) is 0 Å². The first-order chi connectivity index (χ1) is 12.6. The minimum atomic E-state index is -0.888. The Morgan fingerprint density at radius 1 is 1.08 bits per heavy atom. The van der Waals surface area contributed by atoms with Crippen molar-refractivity contribution in [3.63, 3.8) is 0 Å². The van der Waals surface area contributed by atoms with Gasteiger partial charge in [-0.25, -0.2) is 8.78 Å². The number of hydrogen-bond acceptors (Lipinski definition) is 1. The largest absolute Gasteiger partial charge is 0.242 e. The monoisotopic (exact) mass is 347 g/mol. The Morgan fingerprint density at radius 2 is 1.85 bits per heavy atom. The molecule has 0 amide bonds. The lowest BCUT2D eigenvalue weighted by atomic mass is 9.79. The highest BCUT2D eigenvalue weighted by molar-refractivity contribution is 5.91. The molecule has 0 saturated carbocycles. The molecule has 0 fully saturated rings. The number of benzene rings is 3. The van der Waals surface area contributed by atoms with Crippen LogP contribution in [0.5, 0.6) is 0 Å². The van der Waals surface area contributed by atoms with Gasteiger partial charge in [0.15, 0.2) is 0 Å². The molecule has 1 aliphatic rings. The highest BCUT2D eigenvalue weighted by Crippen LogP contribution is 2.42. The van der Waals surface area contributed by atoms with Crippen molar-refractivity contribution in [2.24, 2.45) is 5.92 Å². The Morgan fingerprint density at radius 3 is 2.58 bits per heavy atom. The van der Waals surface area contributed by atoms with Gasteiger partial charge in [0, 0.05) is 0 Å². The van der Waals surface area contributed by atoms with E-state index in [0.717, 1.165) is 52.3 Å². The van der Waals surface area contributed by atoms with Crippen LogP contribution < -0.4 is 0 Å². The summed E-state index contributed by atoms with van der Waals surface area (Å²) in [5.41, 5.74) is 3.60. The van der Waals surface area contributed by atoms with Gasteiger partial charge in [0.2, 0.25) is 0 Å². The lowest BCUT2D eigenvalue weighted by molar-refractivity contribution is 0.201. The molecule has 1 nitrogen and oxygen atoms in total. The van der Waals surface area contributed by atoms with Crippen LogP contribution in [0.3, 0.4) is 0 Å². The van der Waals surface area contributed by atoms with E-state index >= 15 is 0 Å². The molecule has 3 aromatic rings. The molecule has 0 bridgehead atoms. The van der Waals surface area contributed by atoms with Crippen LogP contribution in [0, 0.1) is 23.1 Å². The van der Waals surface area contributed by atoms with E-state index in [1.807, 2.05) is 43.3 Å². The van der Waals surface area contributed by atoms with Gasteiger partial charge >= 0.3 is 0 Å². The molecule has 0 saturated heterocycles. The summed E-state index contributed by atoms with van der Waals surface area (Å²) in [6.07, 6.45) is 1.76. The maximum atomic E-state index is 14.8. The fraction of sp³-hybridized carbons (Fsp3) is 0.261. The Labute approximate surface area is 151 Å². The average molecular weight is 347 g/mol. The molecule has 1 aliphatic carbocycles. The van der Waals surface area contributed by atoms with Crippen molar-refractivity contribution >= 4 is 10.8 Å². The predicted molar refractivity (Wildman–Crippen MR) is 100 cm³/mol. The van der Waals surface area contributed by atoms with Gasteiger partial charge in [-0.1, -0.05) is 43.7 Å². The van der Waals surface area contributed by atoms with Crippen molar-refractivity contribution < 1.29 is 8.78 Å². The third kappa shape index (κ3) is 2.66. The van der Waals surface area contributed by atoms with Crippen molar-refractivity contribution in [2.75, 3.05) is 0 Å². The smallest absolute Gasteiger partial charge is 0.141 e. The Bertz CT molecular complexity index is 1030. The topological polar surface area (TPSA) is 23.8 Å². The van der Waals surface area contributed by atoms with Gasteiger partial charge in [-0.05, 0) is 70.0 Å². The van der Waals surface area contributed by atoms with Crippen LogP contribution in [-0.4, -0.2) is 0 Å². The molecular weight excluding hydrogens is 328 g/mol. The van der Waals surface area contributed by atoms with E-state index in [1.165, 1.54) is 12.1 Å². The molecule has 0 N–H and O–H groups in total. The first-order valence-corrected chi connectivity index (χ1v) is 9.02. The van der Waals surface area contributed by atoms with Crippen LogP contribution in [0.2, 0.25) is 0 Å². The number of hydrogen-bond donors (Lipinski definition) is 0. The second-order valence-corrected chi connectivity index (χ2v) is 6.98. The lowest BCUT2D eigenvalue weighted by Crippen LogP contribution is -2.17. The van der Waals surface area contributed by atoms with Crippen molar-refractivity contribution in [2.45, 2.75) is 32.4 Å². The molecule has 0 aromatic heterocycles. The number of halogens is 2. The Hall–Kier alpha value is -2.73. The van der Waals surface area contributed by atoms with Crippen molar-refractivity contribution in [1.29, 1.82) is 5.26 Å². The fourth-order valence-electron chi connectivity index (χ4n) is 4.05. The van der Waals surface area contributed by atoms with E-state index in [2.05, 4.69) is 0 Å². The third-order valence-electron chi connectivity index (χ3n) is 5.59. The summed E-state index contributed by atoms with van der Waals surface area (Å²) in [4.78, 5) is 0. The first-order valence-electron chi connectivity index (χ1n) is 9.02. The van der Waals surface area contributed by atoms with Crippen molar-refractivity contribution in [3.05, 3.63) is 71.0 Å². The number of nitrogens with zero attached hydrogens (tertiary/aromatic N) is 1. The summed E-state index contributed by atoms with van der Waals surface area (Å²) in [6, 6.07) is 16.3. The molecule has 130 valence electrons. The molecule has 26 heavy (non-hydrogen) atoms. The van der Waals surface area contributed by atoms with E-state index in [1.54, 1.807) is 6.07 Å². The number of alkyl halides is 1. The number of fused-ring (bicyclic) bond motifs is 3. The molecule has 2 atom stereocenters. The van der Waals surface area contributed by atoms with Crippen LogP contribution in [0.4, 0.5) is 8.78 Å². The van der Waals surface area contributed by atoms with Gasteiger partial charge in [0.1, 0.15) is 18.1 Å². The number of rotatable bonds is 2. The molecule has 0 heterocycles. The third-order valence-corrected chi connectivity index (χ3v) is 5.59. The van der Waals surface area contributed by atoms with Crippen LogP contribution in [0.15, 0.2) is 48.5 Å². The fourth-order valence-corrected chi connectivity index (χ4v) is 4.05. The minimum Gasteiger partial charge on any atom is -0.242 e. The SMILES string of the molecule is CC[C@@H]1CCc2c(ccc3cc(-c4ccc(C#N)c(F)c4)ccc23)[C@H]1F. The van der Waals surface area contributed by atoms with Crippen LogP contribution in [-0.2, 0) is 6.42 Å². The summed E-state index contributed by atoms with van der Waals surface area (Å²) in [5, 5.41) is 11.0. The van der Waals surface area contributed by atoms with Crippen molar-refractivity contribution in [1.82, 2.24) is 0 Å². The lowest BCUT2D eigenvalue weighted by Gasteiger charge is -2.28. The van der Waals surface area contributed by atoms with Crippen molar-refractivity contribution in [3.8, 4) is 17.2 Å². The zero-order chi connectivity index (χ0) is 18.3. The summed E-state index contributed by atoms with van der Waals surface area (Å²) in [6.45, 7) is 2.05. The van der Waals surface area contributed by atoms with E-state index in [-0.39, 0.29) is 11.5 Å². The maximum absolute atomic E-state index is 14.8. The van der Waals surface area contributed by atoms with Gasteiger partial charge in [0.05, 0.1) is 5.56 Å². The van der Waals surface area contributed by atoms with Crippen LogP contribution >= 0.6 is 0 Å². The van der Waals surface area contributed by atoms with Gasteiger partial charge in [-0.15, -0.1) is 0 Å². The second kappa shape index (κ2) is 6.53. The number of nitriles is 1. The molecule has 4 rings (SSSR count). The van der Waals surface area contributed by atoms with E-state index in [4.69, 9.17) is 5.26 Å². The van der Waals surface area contributed by atoms with Gasteiger partial charge in [0.25, 0.3) is 0 Å². The molecule has 0 unspecified atom stereocenters. The summed E-state index contributed by atoms with van der Waals surface area (Å²) < 4.78 is 28.7. The summed E-state index contributed by atoms with van der Waals surface area (Å²) in [5.74, 6) is -0.401. The standard InChI is InChI=1S/C23H19F2N/c1-2-14-5-9-20-19-8-6-15(11-17(19)7-10-21(20)23(14)25)16-3-4-18(13-26)22(24)12-16/h3-4,6-8,10-12,14,23H,2,5,9H2,1H3/t14-,23+/m1/s1. The van der Waals surface area contributed by atoms with Crippen LogP contribution in [0.1, 0.15) is 42.6 Å². The molecule has 0 spiro atoms. The normalized spacial score (nSPS) is 19.2. The van der Waals surface area contributed by atoms with E-state index in [9.17, 15) is 8.78 Å². The zero-order valence-electron chi connectivity index (χ0n) is 14.6. The Kier molecular flexibility index (Phi) is 4.20. The van der Waals surface area contributed by atoms with Gasteiger partial charge in [-0.2, -0.15) is 5.26 Å². The molecule has 3 heteroatoms. The highest BCUT2D eigenvalue weighted by Gasteiger charge is 2.29. The minimum absolute atomic E-state index is 0.0445. The first kappa shape index (κ1) is 16.7. The van der Waals surface area contributed by atoms with Gasteiger partial charge < -0.3 is 0 Å². The maximum Gasteiger partial charge on any atom is 0.141 e. The van der Waals surface area contributed by atoms with E-state index < -0.39 is 12.0 Å². The second-order valence-electron chi connectivity index (χ2n) is 6.98. The van der Waals surface area contributed by atoms with Crippen LogP contribution in [0.25, 0.3) is 21.9 Å². The predicted octanol–water partition coefficient (Wildman–Crippen LogP) is 6.50. The highest BCUT2D eigenvalue weighted by atomic mass is 19.1. The van der Waals surface area contributed by atoms with Gasteiger partial charge in [-0.3, -0.25) is 0 Å². The molecule has 3 aromatic carbocycles. The number of aryl methyl sites for hydroxylation is 1.